The Balaban J connectivity index is 1.78. The third kappa shape index (κ3) is 4.92. The lowest BCUT2D eigenvalue weighted by Crippen LogP contribution is -2.52. The Labute approximate surface area is 182 Å². The summed E-state index contributed by atoms with van der Waals surface area (Å²) < 4.78 is 2.36. The molecule has 0 saturated carbocycles. The molecule has 0 bridgehead atoms. The normalized spacial score (nSPS) is 15.5. The van der Waals surface area contributed by atoms with Crippen LogP contribution in [0.3, 0.4) is 0 Å². The molecule has 0 aromatic carbocycles. The first kappa shape index (κ1) is 22.0. The minimum absolute atomic E-state index is 0.00934. The summed E-state index contributed by atoms with van der Waals surface area (Å²) in [7, 11) is 0. The number of halogens is 1. The Morgan fingerprint density at radius 3 is 2.21 bits per heavy atom. The van der Waals surface area contributed by atoms with E-state index in [4.69, 9.17) is 11.6 Å². The molecule has 0 atom stereocenters. The fourth-order valence-corrected chi connectivity index (χ4v) is 4.44. The lowest BCUT2D eigenvalue weighted by atomic mass is 9.89. The van der Waals surface area contributed by atoms with Crippen LogP contribution in [-0.2, 0) is 17.6 Å². The highest BCUT2D eigenvalue weighted by Crippen LogP contribution is 2.32. The van der Waals surface area contributed by atoms with E-state index >= 15 is 0 Å². The zero-order valence-corrected chi connectivity index (χ0v) is 19.7. The minimum Gasteiger partial charge on any atom is -0.341 e. The average Bonchev–Trinajstić information content (AvgIpc) is 3.15. The second-order valence-corrected chi connectivity index (χ2v) is 11.7. The predicted octanol–water partition coefficient (Wildman–Crippen LogP) is 5.04. The lowest BCUT2D eigenvalue weighted by molar-refractivity contribution is -0.144. The van der Waals surface area contributed by atoms with Crippen molar-refractivity contribution in [3.05, 3.63) is 38.8 Å². The van der Waals surface area contributed by atoms with E-state index < -0.39 is 5.41 Å². The summed E-state index contributed by atoms with van der Waals surface area (Å²) in [5.74, 6) is 0.337. The van der Waals surface area contributed by atoms with Crippen molar-refractivity contribution in [3.8, 4) is 0 Å². The van der Waals surface area contributed by atoms with Crippen LogP contribution in [0, 0.1) is 10.8 Å². The highest BCUT2D eigenvalue weighted by atomic mass is 35.5. The van der Waals surface area contributed by atoms with Crippen LogP contribution in [0.2, 0.25) is 4.34 Å². The summed E-state index contributed by atoms with van der Waals surface area (Å²) in [5, 5.41) is 4.68. The molecule has 5 nitrogen and oxygen atoms in total. The Morgan fingerprint density at radius 1 is 1.07 bits per heavy atom. The second-order valence-electron chi connectivity index (χ2n) is 9.89. The molecule has 1 fully saturated rings. The van der Waals surface area contributed by atoms with E-state index in [-0.39, 0.29) is 23.1 Å². The molecular weight excluding hydrogens is 406 g/mol. The third-order valence-corrected chi connectivity index (χ3v) is 6.41. The fourth-order valence-electron chi connectivity index (χ4n) is 3.35. The van der Waals surface area contributed by atoms with E-state index in [0.717, 1.165) is 28.6 Å². The molecule has 1 aliphatic rings. The molecule has 29 heavy (non-hydrogen) atoms. The van der Waals surface area contributed by atoms with Crippen molar-refractivity contribution in [2.75, 3.05) is 13.1 Å². The number of carbonyl (C=O) groups is 2. The number of likely N-dealkylation sites (tertiary alicyclic amines) is 1. The SMILES string of the molecule is CC(C)(C)C(=O)N1CC(c2cc(CCc3ccc(Cl)s3)n(C(=O)C(C)(C)C)n2)C1. The summed E-state index contributed by atoms with van der Waals surface area (Å²) >= 11 is 7.61. The van der Waals surface area contributed by atoms with Gasteiger partial charge in [0.25, 0.3) is 5.91 Å². The van der Waals surface area contributed by atoms with Gasteiger partial charge < -0.3 is 4.90 Å². The number of aromatic nitrogens is 2. The van der Waals surface area contributed by atoms with Crippen molar-refractivity contribution in [1.29, 1.82) is 0 Å². The molecule has 1 saturated heterocycles. The predicted molar refractivity (Wildman–Crippen MR) is 118 cm³/mol. The summed E-state index contributed by atoms with van der Waals surface area (Å²) in [6.07, 6.45) is 1.54. The van der Waals surface area contributed by atoms with Crippen molar-refractivity contribution in [1.82, 2.24) is 14.7 Å². The van der Waals surface area contributed by atoms with Gasteiger partial charge >= 0.3 is 0 Å². The van der Waals surface area contributed by atoms with Gasteiger partial charge in [-0.1, -0.05) is 53.1 Å². The van der Waals surface area contributed by atoms with E-state index in [2.05, 4.69) is 5.10 Å². The first-order valence-electron chi connectivity index (χ1n) is 10.0. The minimum atomic E-state index is -0.516. The van der Waals surface area contributed by atoms with Gasteiger partial charge in [0.15, 0.2) is 0 Å². The maximum Gasteiger partial charge on any atom is 0.252 e. The van der Waals surface area contributed by atoms with Gasteiger partial charge in [0.1, 0.15) is 0 Å². The van der Waals surface area contributed by atoms with E-state index in [0.29, 0.717) is 13.1 Å². The van der Waals surface area contributed by atoms with Crippen LogP contribution < -0.4 is 0 Å². The fraction of sp³-hybridized carbons (Fsp3) is 0.591. The summed E-state index contributed by atoms with van der Waals surface area (Å²) in [4.78, 5) is 28.5. The Hall–Kier alpha value is -1.66. The Bertz CT molecular complexity index is 911. The van der Waals surface area contributed by atoms with Gasteiger partial charge in [-0.25, -0.2) is 4.68 Å². The molecule has 2 aromatic heterocycles. The number of rotatable bonds is 4. The zero-order valence-electron chi connectivity index (χ0n) is 18.1. The quantitative estimate of drug-likeness (QED) is 0.675. The molecule has 3 heterocycles. The molecule has 1 aliphatic heterocycles. The van der Waals surface area contributed by atoms with E-state index in [1.165, 1.54) is 4.88 Å². The van der Waals surface area contributed by atoms with E-state index in [1.807, 2.05) is 64.6 Å². The van der Waals surface area contributed by atoms with Gasteiger partial charge in [-0.05, 0) is 31.0 Å². The molecule has 0 radical (unpaired) electrons. The van der Waals surface area contributed by atoms with E-state index in [1.54, 1.807) is 16.0 Å². The van der Waals surface area contributed by atoms with Crippen molar-refractivity contribution >= 4 is 34.8 Å². The third-order valence-electron chi connectivity index (χ3n) is 5.12. The maximum atomic E-state index is 13.0. The number of aryl methyl sites for hydroxylation is 2. The highest BCUT2D eigenvalue weighted by Gasteiger charge is 2.38. The van der Waals surface area contributed by atoms with Crippen LogP contribution in [0.1, 0.15) is 68.5 Å². The molecule has 0 unspecified atom stereocenters. The van der Waals surface area contributed by atoms with Crippen molar-refractivity contribution < 1.29 is 9.59 Å². The Morgan fingerprint density at radius 2 is 1.69 bits per heavy atom. The maximum absolute atomic E-state index is 13.0. The van der Waals surface area contributed by atoms with Gasteiger partial charge in [0.05, 0.1) is 10.0 Å². The number of thiophene rings is 1. The number of nitrogens with zero attached hydrogens (tertiary/aromatic N) is 3. The van der Waals surface area contributed by atoms with Crippen molar-refractivity contribution in [2.45, 2.75) is 60.3 Å². The topological polar surface area (TPSA) is 55.2 Å². The first-order valence-corrected chi connectivity index (χ1v) is 11.2. The van der Waals surface area contributed by atoms with Crippen LogP contribution in [0.15, 0.2) is 18.2 Å². The highest BCUT2D eigenvalue weighted by molar-refractivity contribution is 7.16. The smallest absolute Gasteiger partial charge is 0.252 e. The average molecular weight is 436 g/mol. The molecule has 3 rings (SSSR count). The summed E-state index contributed by atoms with van der Waals surface area (Å²) in [5.41, 5.74) is 0.933. The zero-order chi connectivity index (χ0) is 21.6. The standard InChI is InChI=1S/C22H30ClN3O2S/c1-21(2,3)19(27)25-12-14(13-25)17-11-15(7-8-16-9-10-18(23)29-16)26(24-17)20(28)22(4,5)6/h9-11,14H,7-8,12-13H2,1-6H3. The molecular formula is C22H30ClN3O2S. The van der Waals surface area contributed by atoms with Crippen LogP contribution in [0.4, 0.5) is 0 Å². The van der Waals surface area contributed by atoms with Gasteiger partial charge in [-0.3, -0.25) is 9.59 Å². The molecule has 7 heteroatoms. The molecule has 0 spiro atoms. The monoisotopic (exact) mass is 435 g/mol. The van der Waals surface area contributed by atoms with Gasteiger partial charge in [-0.2, -0.15) is 5.10 Å². The summed E-state index contributed by atoms with van der Waals surface area (Å²) in [6.45, 7) is 12.9. The summed E-state index contributed by atoms with van der Waals surface area (Å²) in [6, 6.07) is 5.98. The van der Waals surface area contributed by atoms with Crippen molar-refractivity contribution in [3.63, 3.8) is 0 Å². The molecule has 0 aliphatic carbocycles. The van der Waals surface area contributed by atoms with Gasteiger partial charge in [0, 0.05) is 40.4 Å². The Kier molecular flexibility index (Phi) is 5.98. The van der Waals surface area contributed by atoms with Crippen LogP contribution in [0.25, 0.3) is 0 Å². The molecule has 2 aromatic rings. The molecule has 1 amide bonds. The van der Waals surface area contributed by atoms with Crippen LogP contribution in [-0.4, -0.2) is 39.6 Å². The molecule has 0 N–H and O–H groups in total. The second kappa shape index (κ2) is 7.88. The molecule has 158 valence electrons. The number of hydrogen-bond donors (Lipinski definition) is 0. The first-order chi connectivity index (χ1) is 13.4. The lowest BCUT2D eigenvalue weighted by Gasteiger charge is -2.41. The van der Waals surface area contributed by atoms with Gasteiger partial charge in [-0.15, -0.1) is 11.3 Å². The number of amides is 1. The van der Waals surface area contributed by atoms with Crippen LogP contribution in [0.5, 0.6) is 0 Å². The number of hydrogen-bond acceptors (Lipinski definition) is 4. The van der Waals surface area contributed by atoms with Crippen molar-refractivity contribution in [2.24, 2.45) is 10.8 Å². The van der Waals surface area contributed by atoms with Gasteiger partial charge in [0.2, 0.25) is 5.91 Å². The largest absolute Gasteiger partial charge is 0.341 e. The van der Waals surface area contributed by atoms with E-state index in [9.17, 15) is 9.59 Å². The number of carbonyl (C=O) groups excluding carboxylic acids is 2. The van der Waals surface area contributed by atoms with Crippen LogP contribution >= 0.6 is 22.9 Å².